The van der Waals surface area contributed by atoms with E-state index in [2.05, 4.69) is 4.98 Å². The SMILES string of the molecule is CC(N)c1cncn1-c1cc(Cl)cc(C(F)(F)F)c1. The first-order chi connectivity index (χ1) is 8.79. The van der Waals surface area contributed by atoms with Crippen LogP contribution in [0.5, 0.6) is 0 Å². The molecule has 19 heavy (non-hydrogen) atoms. The fraction of sp³-hybridized carbons (Fsp3) is 0.250. The van der Waals surface area contributed by atoms with Crippen molar-refractivity contribution < 1.29 is 13.2 Å². The summed E-state index contributed by atoms with van der Waals surface area (Å²) in [5.41, 5.74) is 5.82. The van der Waals surface area contributed by atoms with Gasteiger partial charge in [-0.3, -0.25) is 0 Å². The number of nitrogens with two attached hydrogens (primary N) is 1. The molecule has 0 radical (unpaired) electrons. The molecule has 0 aliphatic carbocycles. The molecule has 0 saturated heterocycles. The summed E-state index contributed by atoms with van der Waals surface area (Å²) >= 11 is 5.74. The lowest BCUT2D eigenvalue weighted by Gasteiger charge is -2.14. The molecule has 0 amide bonds. The first-order valence-electron chi connectivity index (χ1n) is 5.45. The Morgan fingerprint density at radius 1 is 1.32 bits per heavy atom. The average molecular weight is 290 g/mol. The number of alkyl halides is 3. The normalized spacial score (nSPS) is 13.6. The van der Waals surface area contributed by atoms with Gasteiger partial charge < -0.3 is 10.3 Å². The van der Waals surface area contributed by atoms with E-state index in [1.807, 2.05) is 0 Å². The van der Waals surface area contributed by atoms with Crippen LogP contribution in [-0.2, 0) is 6.18 Å². The second-order valence-corrected chi connectivity index (χ2v) is 4.61. The standard InChI is InChI=1S/C12H11ClF3N3/c1-7(17)11-5-18-6-19(11)10-3-8(12(14,15)16)2-9(13)4-10/h2-7H,17H2,1H3. The third kappa shape index (κ3) is 2.90. The van der Waals surface area contributed by atoms with E-state index in [9.17, 15) is 13.2 Å². The molecule has 0 aliphatic rings. The van der Waals surface area contributed by atoms with Crippen LogP contribution in [0.25, 0.3) is 5.69 Å². The minimum atomic E-state index is -4.45. The van der Waals surface area contributed by atoms with Gasteiger partial charge in [0.2, 0.25) is 0 Å². The summed E-state index contributed by atoms with van der Waals surface area (Å²) in [7, 11) is 0. The molecule has 1 aromatic heterocycles. The summed E-state index contributed by atoms with van der Waals surface area (Å²) in [5, 5.41) is 0.00847. The summed E-state index contributed by atoms with van der Waals surface area (Å²) in [6, 6.07) is 2.98. The molecular weight excluding hydrogens is 279 g/mol. The number of rotatable bonds is 2. The maximum atomic E-state index is 12.7. The van der Waals surface area contributed by atoms with Crippen LogP contribution in [-0.4, -0.2) is 9.55 Å². The lowest BCUT2D eigenvalue weighted by atomic mass is 10.1. The minimum Gasteiger partial charge on any atom is -0.323 e. The van der Waals surface area contributed by atoms with Gasteiger partial charge in [0.15, 0.2) is 0 Å². The highest BCUT2D eigenvalue weighted by atomic mass is 35.5. The van der Waals surface area contributed by atoms with Gasteiger partial charge >= 0.3 is 6.18 Å². The fourth-order valence-electron chi connectivity index (χ4n) is 1.73. The molecule has 2 aromatic rings. The Kier molecular flexibility index (Phi) is 3.56. The van der Waals surface area contributed by atoms with Crippen molar-refractivity contribution in [3.63, 3.8) is 0 Å². The average Bonchev–Trinajstić information content (AvgIpc) is 2.75. The lowest BCUT2D eigenvalue weighted by molar-refractivity contribution is -0.137. The minimum absolute atomic E-state index is 0.00847. The second kappa shape index (κ2) is 4.86. The van der Waals surface area contributed by atoms with Gasteiger partial charge in [0, 0.05) is 16.8 Å². The predicted molar refractivity (Wildman–Crippen MR) is 66.2 cm³/mol. The second-order valence-electron chi connectivity index (χ2n) is 4.17. The first kappa shape index (κ1) is 13.9. The molecule has 102 valence electrons. The number of imidazole rings is 1. The van der Waals surface area contributed by atoms with Crippen molar-refractivity contribution in [2.75, 3.05) is 0 Å². The molecule has 3 nitrogen and oxygen atoms in total. The molecule has 2 rings (SSSR count). The molecule has 1 heterocycles. The van der Waals surface area contributed by atoms with Crippen LogP contribution in [0, 0.1) is 0 Å². The highest BCUT2D eigenvalue weighted by Crippen LogP contribution is 2.33. The zero-order chi connectivity index (χ0) is 14.2. The van der Waals surface area contributed by atoms with Crippen LogP contribution in [0.4, 0.5) is 13.2 Å². The first-order valence-corrected chi connectivity index (χ1v) is 5.83. The van der Waals surface area contributed by atoms with E-state index >= 15 is 0 Å². The van der Waals surface area contributed by atoms with Crippen molar-refractivity contribution in [3.8, 4) is 5.69 Å². The van der Waals surface area contributed by atoms with Crippen LogP contribution in [0.1, 0.15) is 24.2 Å². The van der Waals surface area contributed by atoms with Gasteiger partial charge in [0.1, 0.15) is 0 Å². The van der Waals surface area contributed by atoms with E-state index in [1.54, 1.807) is 6.92 Å². The molecule has 0 saturated carbocycles. The molecule has 7 heteroatoms. The van der Waals surface area contributed by atoms with Crippen molar-refractivity contribution in [1.82, 2.24) is 9.55 Å². The topological polar surface area (TPSA) is 43.8 Å². The predicted octanol–water partition coefficient (Wildman–Crippen LogP) is 3.56. The number of nitrogens with zero attached hydrogens (tertiary/aromatic N) is 2. The van der Waals surface area contributed by atoms with Gasteiger partial charge in [0.25, 0.3) is 0 Å². The molecule has 0 aliphatic heterocycles. The molecule has 1 unspecified atom stereocenters. The van der Waals surface area contributed by atoms with Gasteiger partial charge in [-0.25, -0.2) is 4.98 Å². The van der Waals surface area contributed by atoms with Gasteiger partial charge in [-0.15, -0.1) is 0 Å². The number of halogens is 4. The number of benzene rings is 1. The highest BCUT2D eigenvalue weighted by molar-refractivity contribution is 6.30. The molecule has 0 fully saturated rings. The Morgan fingerprint density at radius 2 is 2.00 bits per heavy atom. The van der Waals surface area contributed by atoms with Crippen molar-refractivity contribution >= 4 is 11.6 Å². The van der Waals surface area contributed by atoms with Crippen LogP contribution in [0.15, 0.2) is 30.7 Å². The summed E-state index contributed by atoms with van der Waals surface area (Å²) in [5.74, 6) is 0. The monoisotopic (exact) mass is 289 g/mol. The third-order valence-electron chi connectivity index (χ3n) is 2.62. The molecule has 1 aromatic carbocycles. The van der Waals surface area contributed by atoms with E-state index in [1.165, 1.54) is 23.2 Å². The quantitative estimate of drug-likeness (QED) is 0.918. The van der Waals surface area contributed by atoms with Gasteiger partial charge in [0.05, 0.1) is 23.8 Å². The summed E-state index contributed by atoms with van der Waals surface area (Å²) < 4.78 is 39.7. The number of aromatic nitrogens is 2. The van der Waals surface area contributed by atoms with Crippen LogP contribution in [0.2, 0.25) is 5.02 Å². The summed E-state index contributed by atoms with van der Waals surface area (Å²) in [6.07, 6.45) is -1.53. The smallest absolute Gasteiger partial charge is 0.323 e. The largest absolute Gasteiger partial charge is 0.416 e. The zero-order valence-corrected chi connectivity index (χ0v) is 10.7. The Labute approximate surface area is 112 Å². The third-order valence-corrected chi connectivity index (χ3v) is 2.84. The van der Waals surface area contributed by atoms with Crippen LogP contribution < -0.4 is 5.73 Å². The Bertz CT molecular complexity index is 590. The number of hydrogen-bond donors (Lipinski definition) is 1. The molecule has 1 atom stereocenters. The Hall–Kier alpha value is -1.53. The summed E-state index contributed by atoms with van der Waals surface area (Å²) in [4.78, 5) is 3.90. The van der Waals surface area contributed by atoms with E-state index in [-0.39, 0.29) is 16.8 Å². The molecule has 2 N–H and O–H groups in total. The van der Waals surface area contributed by atoms with Crippen molar-refractivity contribution in [1.29, 1.82) is 0 Å². The molecule has 0 bridgehead atoms. The van der Waals surface area contributed by atoms with Crippen molar-refractivity contribution in [2.24, 2.45) is 5.73 Å². The van der Waals surface area contributed by atoms with Gasteiger partial charge in [-0.1, -0.05) is 11.6 Å². The van der Waals surface area contributed by atoms with E-state index in [0.717, 1.165) is 12.1 Å². The maximum Gasteiger partial charge on any atom is 0.416 e. The maximum absolute atomic E-state index is 12.7. The molecule has 0 spiro atoms. The van der Waals surface area contributed by atoms with E-state index in [0.29, 0.717) is 5.69 Å². The Balaban J connectivity index is 2.57. The van der Waals surface area contributed by atoms with E-state index < -0.39 is 11.7 Å². The number of hydrogen-bond acceptors (Lipinski definition) is 2. The van der Waals surface area contributed by atoms with Gasteiger partial charge in [-0.2, -0.15) is 13.2 Å². The lowest BCUT2D eigenvalue weighted by Crippen LogP contribution is -2.12. The highest BCUT2D eigenvalue weighted by Gasteiger charge is 2.31. The van der Waals surface area contributed by atoms with Crippen molar-refractivity contribution in [2.45, 2.75) is 19.1 Å². The van der Waals surface area contributed by atoms with E-state index in [4.69, 9.17) is 17.3 Å². The molecular formula is C12H11ClF3N3. The zero-order valence-electron chi connectivity index (χ0n) is 9.95. The van der Waals surface area contributed by atoms with Crippen LogP contribution in [0.3, 0.4) is 0 Å². The fourth-order valence-corrected chi connectivity index (χ4v) is 1.96. The Morgan fingerprint density at radius 3 is 2.58 bits per heavy atom. The summed E-state index contributed by atoms with van der Waals surface area (Å²) in [6.45, 7) is 1.72. The van der Waals surface area contributed by atoms with Crippen LogP contribution >= 0.6 is 11.6 Å². The van der Waals surface area contributed by atoms with Gasteiger partial charge in [-0.05, 0) is 25.1 Å². The van der Waals surface area contributed by atoms with Crippen molar-refractivity contribution in [3.05, 3.63) is 47.0 Å².